The minimum Gasteiger partial charge on any atom is -0.306 e. The Morgan fingerprint density at radius 3 is 2.79 bits per heavy atom. The van der Waals surface area contributed by atoms with Gasteiger partial charge in [-0.25, -0.2) is 4.68 Å². The van der Waals surface area contributed by atoms with Crippen LogP contribution in [0.25, 0.3) is 0 Å². The van der Waals surface area contributed by atoms with Gasteiger partial charge in [-0.2, -0.15) is 0 Å². The molecule has 0 aliphatic rings. The number of nitrogens with one attached hydrogen (secondary N) is 1. The van der Waals surface area contributed by atoms with E-state index in [9.17, 15) is 0 Å². The summed E-state index contributed by atoms with van der Waals surface area (Å²) in [5.74, 6) is 0. The van der Waals surface area contributed by atoms with Crippen molar-refractivity contribution in [3.05, 3.63) is 41.5 Å². The molecule has 0 unspecified atom stereocenters. The van der Waals surface area contributed by atoms with Crippen molar-refractivity contribution in [2.45, 2.75) is 46.3 Å². The van der Waals surface area contributed by atoms with Crippen LogP contribution in [0.5, 0.6) is 0 Å². The van der Waals surface area contributed by atoms with E-state index < -0.39 is 0 Å². The van der Waals surface area contributed by atoms with Gasteiger partial charge in [-0.1, -0.05) is 11.3 Å². The van der Waals surface area contributed by atoms with Gasteiger partial charge in [0.2, 0.25) is 0 Å². The van der Waals surface area contributed by atoms with Crippen LogP contribution in [0.15, 0.2) is 24.5 Å². The van der Waals surface area contributed by atoms with Gasteiger partial charge in [0.15, 0.2) is 0 Å². The summed E-state index contributed by atoms with van der Waals surface area (Å²) in [6.45, 7) is 9.85. The van der Waals surface area contributed by atoms with Gasteiger partial charge in [0.05, 0.1) is 24.1 Å². The molecule has 5 heteroatoms. The van der Waals surface area contributed by atoms with Crippen LogP contribution in [0.1, 0.15) is 37.7 Å². The molecule has 0 fully saturated rings. The molecule has 0 atom stereocenters. The first-order valence-corrected chi connectivity index (χ1v) is 6.48. The largest absolute Gasteiger partial charge is 0.306 e. The van der Waals surface area contributed by atoms with Crippen molar-refractivity contribution in [2.75, 3.05) is 0 Å². The Labute approximate surface area is 114 Å². The third kappa shape index (κ3) is 4.13. The minimum absolute atomic E-state index is 0.0847. The molecule has 0 aliphatic carbocycles. The summed E-state index contributed by atoms with van der Waals surface area (Å²) in [5, 5.41) is 11.7. The highest BCUT2D eigenvalue weighted by molar-refractivity contribution is 5.17. The predicted molar refractivity (Wildman–Crippen MR) is 74.7 cm³/mol. The van der Waals surface area contributed by atoms with Crippen molar-refractivity contribution in [3.63, 3.8) is 0 Å². The predicted octanol–water partition coefficient (Wildman–Crippen LogP) is 1.92. The third-order valence-corrected chi connectivity index (χ3v) is 2.82. The average Bonchev–Trinajstić information content (AvgIpc) is 2.77. The molecular formula is C14H21N5. The highest BCUT2D eigenvalue weighted by atomic mass is 15.4. The summed E-state index contributed by atoms with van der Waals surface area (Å²) in [7, 11) is 0. The van der Waals surface area contributed by atoms with Gasteiger partial charge in [0, 0.05) is 18.3 Å². The fourth-order valence-electron chi connectivity index (χ4n) is 1.69. The second-order valence-corrected chi connectivity index (χ2v) is 5.78. The zero-order valence-corrected chi connectivity index (χ0v) is 12.0. The number of aryl methyl sites for hydroxylation is 1. The van der Waals surface area contributed by atoms with Gasteiger partial charge >= 0.3 is 0 Å². The zero-order chi connectivity index (χ0) is 13.9. The number of aromatic nitrogens is 4. The lowest BCUT2D eigenvalue weighted by molar-refractivity contribution is 0.421. The number of rotatable bonds is 4. The van der Waals surface area contributed by atoms with Crippen molar-refractivity contribution < 1.29 is 0 Å². The van der Waals surface area contributed by atoms with Crippen LogP contribution >= 0.6 is 0 Å². The second kappa shape index (κ2) is 5.48. The molecule has 2 aromatic rings. The Kier molecular flexibility index (Phi) is 3.95. The van der Waals surface area contributed by atoms with Gasteiger partial charge in [-0.3, -0.25) is 4.98 Å². The van der Waals surface area contributed by atoms with E-state index in [1.54, 1.807) is 6.20 Å². The fourth-order valence-corrected chi connectivity index (χ4v) is 1.69. The molecule has 0 aromatic carbocycles. The maximum Gasteiger partial charge on any atom is 0.0965 e. The molecule has 0 radical (unpaired) electrons. The molecule has 2 rings (SSSR count). The second-order valence-electron chi connectivity index (χ2n) is 5.78. The molecule has 1 N–H and O–H groups in total. The van der Waals surface area contributed by atoms with Crippen molar-refractivity contribution >= 4 is 0 Å². The highest BCUT2D eigenvalue weighted by Crippen LogP contribution is 2.06. The Bertz CT molecular complexity index is 539. The van der Waals surface area contributed by atoms with Gasteiger partial charge in [0.1, 0.15) is 0 Å². The summed E-state index contributed by atoms with van der Waals surface area (Å²) in [6.07, 6.45) is 3.77. The molecule has 5 nitrogen and oxygen atoms in total. The van der Waals surface area contributed by atoms with E-state index >= 15 is 0 Å². The Hall–Kier alpha value is -1.75. The monoisotopic (exact) mass is 259 g/mol. The van der Waals surface area contributed by atoms with Crippen LogP contribution in [0, 0.1) is 6.92 Å². The quantitative estimate of drug-likeness (QED) is 0.911. The van der Waals surface area contributed by atoms with Gasteiger partial charge in [-0.05, 0) is 39.3 Å². The molecule has 2 heterocycles. The van der Waals surface area contributed by atoms with Gasteiger partial charge in [0.25, 0.3) is 0 Å². The van der Waals surface area contributed by atoms with Crippen LogP contribution in [-0.2, 0) is 13.1 Å². The lowest BCUT2D eigenvalue weighted by Gasteiger charge is -2.19. The summed E-state index contributed by atoms with van der Waals surface area (Å²) >= 11 is 0. The van der Waals surface area contributed by atoms with E-state index in [-0.39, 0.29) is 5.54 Å². The molecule has 0 aliphatic heterocycles. The Morgan fingerprint density at radius 2 is 2.11 bits per heavy atom. The molecule has 102 valence electrons. The van der Waals surface area contributed by atoms with E-state index in [0.717, 1.165) is 17.9 Å². The molecule has 0 amide bonds. The maximum absolute atomic E-state index is 4.36. The molecule has 0 spiro atoms. The van der Waals surface area contributed by atoms with Gasteiger partial charge in [-0.15, -0.1) is 5.10 Å². The molecule has 2 aromatic heterocycles. The van der Waals surface area contributed by atoms with Crippen LogP contribution in [0.4, 0.5) is 0 Å². The molecule has 0 bridgehead atoms. The van der Waals surface area contributed by atoms with Crippen molar-refractivity contribution in [1.82, 2.24) is 25.3 Å². The van der Waals surface area contributed by atoms with E-state index in [1.807, 2.05) is 16.9 Å². The average molecular weight is 259 g/mol. The number of hydrogen-bond donors (Lipinski definition) is 1. The topological polar surface area (TPSA) is 55.6 Å². The molecular weight excluding hydrogens is 238 g/mol. The van der Waals surface area contributed by atoms with Crippen molar-refractivity contribution in [1.29, 1.82) is 0 Å². The number of pyridine rings is 1. The van der Waals surface area contributed by atoms with Crippen LogP contribution in [-0.4, -0.2) is 25.5 Å². The minimum atomic E-state index is 0.0847. The standard InChI is InChI=1S/C14H21N5/c1-11-6-5-7-15-13(11)10-19-9-12(17-18-19)8-16-14(2,3)4/h5-7,9,16H,8,10H2,1-4H3. The smallest absolute Gasteiger partial charge is 0.0965 e. The summed E-state index contributed by atoms with van der Waals surface area (Å²) < 4.78 is 1.83. The van der Waals surface area contributed by atoms with E-state index in [0.29, 0.717) is 6.54 Å². The van der Waals surface area contributed by atoms with Gasteiger partial charge < -0.3 is 5.32 Å². The van der Waals surface area contributed by atoms with Crippen molar-refractivity contribution in [2.24, 2.45) is 0 Å². The normalized spacial score (nSPS) is 11.8. The first-order valence-electron chi connectivity index (χ1n) is 6.48. The van der Waals surface area contributed by atoms with E-state index in [1.165, 1.54) is 5.56 Å². The SMILES string of the molecule is Cc1cccnc1Cn1cc(CNC(C)(C)C)nn1. The summed E-state index contributed by atoms with van der Waals surface area (Å²) in [4.78, 5) is 4.36. The van der Waals surface area contributed by atoms with E-state index in [2.05, 4.69) is 54.4 Å². The van der Waals surface area contributed by atoms with Crippen LogP contribution in [0.3, 0.4) is 0 Å². The summed E-state index contributed by atoms with van der Waals surface area (Å²) in [6, 6.07) is 4.00. The Morgan fingerprint density at radius 1 is 1.32 bits per heavy atom. The highest BCUT2D eigenvalue weighted by Gasteiger charge is 2.10. The lowest BCUT2D eigenvalue weighted by atomic mass is 10.1. The maximum atomic E-state index is 4.36. The third-order valence-electron chi connectivity index (χ3n) is 2.82. The first-order chi connectivity index (χ1) is 8.94. The van der Waals surface area contributed by atoms with Crippen molar-refractivity contribution in [3.8, 4) is 0 Å². The molecule has 19 heavy (non-hydrogen) atoms. The van der Waals surface area contributed by atoms with Crippen LogP contribution < -0.4 is 5.32 Å². The van der Waals surface area contributed by atoms with E-state index in [4.69, 9.17) is 0 Å². The summed E-state index contributed by atoms with van der Waals surface area (Å²) in [5.41, 5.74) is 3.24. The van der Waals surface area contributed by atoms with Crippen LogP contribution in [0.2, 0.25) is 0 Å². The fraction of sp³-hybridized carbons (Fsp3) is 0.500. The Balaban J connectivity index is 2.00. The lowest BCUT2D eigenvalue weighted by Crippen LogP contribution is -2.35. The zero-order valence-electron chi connectivity index (χ0n) is 12.0. The first kappa shape index (κ1) is 13.7. The molecule has 0 saturated carbocycles. The number of hydrogen-bond acceptors (Lipinski definition) is 4. The number of nitrogens with zero attached hydrogens (tertiary/aromatic N) is 4. The molecule has 0 saturated heterocycles.